The molecule has 3 aromatic rings. The van der Waals surface area contributed by atoms with E-state index in [0.29, 0.717) is 18.0 Å². The fraction of sp³-hybridized carbons (Fsp3) is 0.379. The molecule has 3 aromatic carbocycles. The highest BCUT2D eigenvalue weighted by molar-refractivity contribution is 5.83. The number of fused-ring (bicyclic) bond motifs is 4. The Morgan fingerprint density at radius 3 is 2.62 bits per heavy atom. The third kappa shape index (κ3) is 3.80. The summed E-state index contributed by atoms with van der Waals surface area (Å²) in [7, 11) is 0. The second kappa shape index (κ2) is 8.63. The molecule has 1 N–H and O–H groups in total. The first-order valence-corrected chi connectivity index (χ1v) is 12.3. The predicted molar refractivity (Wildman–Crippen MR) is 132 cm³/mol. The van der Waals surface area contributed by atoms with Crippen LogP contribution in [0.4, 0.5) is 5.69 Å². The zero-order valence-corrected chi connectivity index (χ0v) is 18.7. The van der Waals surface area contributed by atoms with Crippen molar-refractivity contribution < 1.29 is 4.74 Å². The number of hydrogen-bond donors (Lipinski definition) is 1. The van der Waals surface area contributed by atoms with Crippen LogP contribution < -0.4 is 10.1 Å². The molecular formula is C29H32N2O. The molecule has 32 heavy (non-hydrogen) atoms. The van der Waals surface area contributed by atoms with Gasteiger partial charge in [0.1, 0.15) is 12.4 Å². The highest BCUT2D eigenvalue weighted by Gasteiger charge is 2.40. The van der Waals surface area contributed by atoms with E-state index in [1.54, 1.807) is 0 Å². The number of nitrogens with zero attached hydrogens (tertiary/aromatic N) is 1. The van der Waals surface area contributed by atoms with Crippen molar-refractivity contribution in [3.05, 3.63) is 84.1 Å². The molecule has 0 aromatic heterocycles. The van der Waals surface area contributed by atoms with Crippen LogP contribution in [0.1, 0.15) is 49.1 Å². The van der Waals surface area contributed by atoms with Crippen molar-refractivity contribution in [2.24, 2.45) is 0 Å². The lowest BCUT2D eigenvalue weighted by molar-refractivity contribution is 0.105. The van der Waals surface area contributed by atoms with Crippen LogP contribution in [-0.2, 0) is 6.42 Å². The summed E-state index contributed by atoms with van der Waals surface area (Å²) in [5.74, 6) is 1.75. The molecule has 3 aliphatic heterocycles. The normalized spacial score (nSPS) is 24.7. The van der Waals surface area contributed by atoms with Gasteiger partial charge in [0.15, 0.2) is 0 Å². The van der Waals surface area contributed by atoms with Gasteiger partial charge >= 0.3 is 0 Å². The molecule has 3 nitrogen and oxygen atoms in total. The number of anilines is 1. The Morgan fingerprint density at radius 1 is 0.906 bits per heavy atom. The van der Waals surface area contributed by atoms with E-state index >= 15 is 0 Å². The van der Waals surface area contributed by atoms with Crippen LogP contribution in [0, 0.1) is 0 Å². The van der Waals surface area contributed by atoms with Gasteiger partial charge in [-0.2, -0.15) is 0 Å². The average Bonchev–Trinajstić information content (AvgIpc) is 3.02. The molecule has 0 amide bonds. The van der Waals surface area contributed by atoms with Crippen LogP contribution in [-0.4, -0.2) is 30.1 Å². The van der Waals surface area contributed by atoms with Crippen molar-refractivity contribution in [1.29, 1.82) is 0 Å². The molecule has 3 heterocycles. The van der Waals surface area contributed by atoms with Crippen molar-refractivity contribution in [1.82, 2.24) is 4.90 Å². The van der Waals surface area contributed by atoms with Gasteiger partial charge < -0.3 is 10.1 Å². The van der Waals surface area contributed by atoms with E-state index < -0.39 is 0 Å². The molecule has 2 bridgehead atoms. The lowest BCUT2D eigenvalue weighted by atomic mass is 9.84. The zero-order chi connectivity index (χ0) is 21.3. The van der Waals surface area contributed by atoms with E-state index in [2.05, 4.69) is 77.0 Å². The quantitative estimate of drug-likeness (QED) is 0.506. The number of rotatable bonds is 5. The Bertz CT molecular complexity index is 1120. The summed E-state index contributed by atoms with van der Waals surface area (Å²) in [6, 6.07) is 23.6. The molecule has 0 saturated carbocycles. The van der Waals surface area contributed by atoms with Gasteiger partial charge in [-0.15, -0.1) is 0 Å². The van der Waals surface area contributed by atoms with Crippen LogP contribution in [0.2, 0.25) is 0 Å². The van der Waals surface area contributed by atoms with E-state index in [-0.39, 0.29) is 0 Å². The second-order valence-corrected chi connectivity index (χ2v) is 9.61. The number of hydrogen-bond acceptors (Lipinski definition) is 3. The van der Waals surface area contributed by atoms with E-state index in [9.17, 15) is 0 Å². The Balaban J connectivity index is 1.10. The van der Waals surface area contributed by atoms with E-state index in [1.165, 1.54) is 53.3 Å². The zero-order valence-electron chi connectivity index (χ0n) is 18.7. The average molecular weight is 425 g/mol. The number of nitrogens with one attached hydrogen (secondary N) is 1. The maximum absolute atomic E-state index is 6.34. The monoisotopic (exact) mass is 424 g/mol. The van der Waals surface area contributed by atoms with Crippen molar-refractivity contribution in [3.63, 3.8) is 0 Å². The van der Waals surface area contributed by atoms with Crippen molar-refractivity contribution in [2.45, 2.75) is 56.5 Å². The van der Waals surface area contributed by atoms with Gasteiger partial charge in [0, 0.05) is 29.9 Å². The van der Waals surface area contributed by atoms with Gasteiger partial charge in [-0.05, 0) is 79.1 Å². The first-order valence-electron chi connectivity index (χ1n) is 12.3. The first kappa shape index (κ1) is 19.9. The molecule has 0 radical (unpaired) electrons. The predicted octanol–water partition coefficient (Wildman–Crippen LogP) is 6.50. The van der Waals surface area contributed by atoms with Crippen molar-refractivity contribution in [3.8, 4) is 5.75 Å². The molecule has 2 fully saturated rings. The minimum absolute atomic E-state index is 0.692. The molecule has 3 aliphatic rings. The summed E-state index contributed by atoms with van der Waals surface area (Å²) in [6.45, 7) is 1.81. The van der Waals surface area contributed by atoms with Gasteiger partial charge in [-0.3, -0.25) is 4.90 Å². The minimum Gasteiger partial charge on any atom is -0.492 e. The summed E-state index contributed by atoms with van der Waals surface area (Å²) < 4.78 is 6.34. The van der Waals surface area contributed by atoms with Gasteiger partial charge in [0.25, 0.3) is 0 Å². The molecule has 6 rings (SSSR count). The molecule has 164 valence electrons. The third-order valence-corrected chi connectivity index (χ3v) is 7.79. The molecule has 2 atom stereocenters. The Morgan fingerprint density at radius 2 is 1.75 bits per heavy atom. The van der Waals surface area contributed by atoms with E-state index in [4.69, 9.17) is 4.74 Å². The van der Waals surface area contributed by atoms with Gasteiger partial charge in [0.2, 0.25) is 0 Å². The molecule has 2 unspecified atom stereocenters. The molecule has 2 saturated heterocycles. The van der Waals surface area contributed by atoms with Crippen LogP contribution in [0.3, 0.4) is 0 Å². The summed E-state index contributed by atoms with van der Waals surface area (Å²) in [6.07, 6.45) is 11.6. The number of allylic oxidation sites excluding steroid dienone is 1. The topological polar surface area (TPSA) is 24.5 Å². The number of piperidine rings is 1. The fourth-order valence-corrected chi connectivity index (χ4v) is 6.19. The Kier molecular flexibility index (Phi) is 5.36. The SMILES string of the molecule is C1=CNc2cccc(OCCN3C4CCC3CC(c3ccc5ccccc5c3)C4)c2CC1. The highest BCUT2D eigenvalue weighted by Crippen LogP contribution is 2.43. The standard InChI is InChI=1S/C29H32N2O/c1-2-7-22-18-23(12-11-21(22)6-1)24-19-25-13-14-26(20-24)31(25)16-17-32-29-10-5-9-28-27(29)8-3-4-15-30-28/h1-2,4-7,9-12,15,18,24-26,30H,3,8,13-14,16-17,19-20H2. The highest BCUT2D eigenvalue weighted by atomic mass is 16.5. The fourth-order valence-electron chi connectivity index (χ4n) is 6.19. The van der Waals surface area contributed by atoms with Crippen LogP contribution in [0.5, 0.6) is 5.75 Å². The molecule has 0 spiro atoms. The third-order valence-electron chi connectivity index (χ3n) is 7.79. The summed E-state index contributed by atoms with van der Waals surface area (Å²) in [4.78, 5) is 2.75. The molecular weight excluding hydrogens is 392 g/mol. The minimum atomic E-state index is 0.692. The lowest BCUT2D eigenvalue weighted by Crippen LogP contribution is -2.44. The van der Waals surface area contributed by atoms with Gasteiger partial charge in [-0.1, -0.05) is 54.6 Å². The smallest absolute Gasteiger partial charge is 0.124 e. The van der Waals surface area contributed by atoms with Crippen LogP contribution >= 0.6 is 0 Å². The summed E-state index contributed by atoms with van der Waals surface area (Å²) in [5, 5.41) is 6.11. The summed E-state index contributed by atoms with van der Waals surface area (Å²) in [5.41, 5.74) is 4.03. The summed E-state index contributed by atoms with van der Waals surface area (Å²) >= 11 is 0. The van der Waals surface area contributed by atoms with E-state index in [1.807, 2.05) is 6.20 Å². The number of benzene rings is 3. The van der Waals surface area contributed by atoms with Gasteiger partial charge in [0.05, 0.1) is 0 Å². The second-order valence-electron chi connectivity index (χ2n) is 9.61. The Hall–Kier alpha value is -2.78. The van der Waals surface area contributed by atoms with Crippen molar-refractivity contribution in [2.75, 3.05) is 18.5 Å². The maximum atomic E-state index is 6.34. The maximum Gasteiger partial charge on any atom is 0.124 e. The Labute approximate surface area is 191 Å². The molecule has 0 aliphatic carbocycles. The van der Waals surface area contributed by atoms with E-state index in [0.717, 1.165) is 31.7 Å². The van der Waals surface area contributed by atoms with Crippen LogP contribution in [0.25, 0.3) is 10.8 Å². The van der Waals surface area contributed by atoms with Gasteiger partial charge in [-0.25, -0.2) is 0 Å². The van der Waals surface area contributed by atoms with Crippen LogP contribution in [0.15, 0.2) is 72.9 Å². The van der Waals surface area contributed by atoms with Crippen molar-refractivity contribution >= 4 is 16.5 Å². The lowest BCUT2D eigenvalue weighted by Gasteiger charge is -2.39. The number of ether oxygens (including phenoxy) is 1. The largest absolute Gasteiger partial charge is 0.492 e. The molecule has 3 heteroatoms. The first-order chi connectivity index (χ1) is 15.8.